The highest BCUT2D eigenvalue weighted by Crippen LogP contribution is 2.30. The molecule has 3 unspecified atom stereocenters. The highest BCUT2D eigenvalue weighted by molar-refractivity contribution is 5.71. The third kappa shape index (κ3) is 7.65. The number of aliphatic carboxylic acids is 2. The van der Waals surface area contributed by atoms with E-state index in [9.17, 15) is 14.7 Å². The van der Waals surface area contributed by atoms with Crippen LogP contribution in [-0.4, -0.2) is 22.2 Å². The van der Waals surface area contributed by atoms with Crippen molar-refractivity contribution >= 4 is 11.9 Å². The van der Waals surface area contributed by atoms with E-state index in [1.807, 2.05) is 13.0 Å². The number of allylic oxidation sites excluding steroid dienone is 1. The van der Waals surface area contributed by atoms with Crippen LogP contribution in [0.15, 0.2) is 12.7 Å². The second kappa shape index (κ2) is 9.59. The lowest BCUT2D eigenvalue weighted by Crippen LogP contribution is -2.26. The minimum absolute atomic E-state index is 0.0318. The van der Waals surface area contributed by atoms with E-state index in [1.54, 1.807) is 6.92 Å². The number of carboxylic acids is 2. The van der Waals surface area contributed by atoms with Crippen molar-refractivity contribution in [3.8, 4) is 0 Å². The molecule has 0 radical (unpaired) electrons. The van der Waals surface area contributed by atoms with Crippen LogP contribution in [0.2, 0.25) is 0 Å². The van der Waals surface area contributed by atoms with Crippen LogP contribution in [0, 0.1) is 17.8 Å². The Bertz CT molecular complexity index is 299. The molecule has 0 aliphatic heterocycles. The SMILES string of the molecule is C=CCCC(CCC)C(CC(C)CC(=O)O)C(=O)O. The molecule has 0 saturated heterocycles. The second-order valence-electron chi connectivity index (χ2n) is 5.30. The summed E-state index contributed by atoms with van der Waals surface area (Å²) in [5, 5.41) is 18.1. The average molecular weight is 270 g/mol. The first-order valence-electron chi connectivity index (χ1n) is 6.97. The van der Waals surface area contributed by atoms with Gasteiger partial charge in [-0.25, -0.2) is 0 Å². The minimum Gasteiger partial charge on any atom is -0.481 e. The highest BCUT2D eigenvalue weighted by atomic mass is 16.4. The zero-order valence-electron chi connectivity index (χ0n) is 12.0. The van der Waals surface area contributed by atoms with Gasteiger partial charge < -0.3 is 10.2 Å². The molecule has 0 aromatic rings. The van der Waals surface area contributed by atoms with Crippen LogP contribution in [0.25, 0.3) is 0 Å². The first kappa shape index (κ1) is 17.7. The van der Waals surface area contributed by atoms with E-state index in [4.69, 9.17) is 5.11 Å². The van der Waals surface area contributed by atoms with Gasteiger partial charge in [0.05, 0.1) is 5.92 Å². The van der Waals surface area contributed by atoms with Crippen LogP contribution in [0.4, 0.5) is 0 Å². The second-order valence-corrected chi connectivity index (χ2v) is 5.30. The molecule has 0 bridgehead atoms. The molecular weight excluding hydrogens is 244 g/mol. The third-order valence-electron chi connectivity index (χ3n) is 3.47. The molecule has 0 aliphatic carbocycles. The summed E-state index contributed by atoms with van der Waals surface area (Å²) >= 11 is 0. The molecule has 110 valence electrons. The minimum atomic E-state index is -0.866. The van der Waals surface area contributed by atoms with Crippen molar-refractivity contribution in [1.82, 2.24) is 0 Å². The first-order chi connectivity index (χ1) is 8.92. The van der Waals surface area contributed by atoms with Crippen molar-refractivity contribution < 1.29 is 19.8 Å². The first-order valence-corrected chi connectivity index (χ1v) is 6.97. The molecule has 4 heteroatoms. The van der Waals surface area contributed by atoms with Crippen LogP contribution >= 0.6 is 0 Å². The molecule has 0 rings (SSSR count). The normalized spacial score (nSPS) is 15.5. The Morgan fingerprint density at radius 1 is 1.26 bits per heavy atom. The predicted octanol–water partition coefficient (Wildman–Crippen LogP) is 3.57. The van der Waals surface area contributed by atoms with Gasteiger partial charge in [-0.1, -0.05) is 26.3 Å². The topological polar surface area (TPSA) is 74.6 Å². The van der Waals surface area contributed by atoms with Gasteiger partial charge in [0.1, 0.15) is 0 Å². The molecular formula is C15H26O4. The maximum Gasteiger partial charge on any atom is 0.306 e. The maximum absolute atomic E-state index is 11.4. The van der Waals surface area contributed by atoms with E-state index >= 15 is 0 Å². The summed E-state index contributed by atoms with van der Waals surface area (Å²) in [5.74, 6) is -2.12. The van der Waals surface area contributed by atoms with Gasteiger partial charge in [0.25, 0.3) is 0 Å². The molecule has 3 atom stereocenters. The highest BCUT2D eigenvalue weighted by Gasteiger charge is 2.29. The van der Waals surface area contributed by atoms with E-state index in [2.05, 4.69) is 6.58 Å². The third-order valence-corrected chi connectivity index (χ3v) is 3.47. The zero-order valence-corrected chi connectivity index (χ0v) is 12.0. The van der Waals surface area contributed by atoms with E-state index in [0.29, 0.717) is 6.42 Å². The van der Waals surface area contributed by atoms with Crippen molar-refractivity contribution in [2.75, 3.05) is 0 Å². The van der Waals surface area contributed by atoms with Gasteiger partial charge in [0.15, 0.2) is 0 Å². The van der Waals surface area contributed by atoms with Crippen molar-refractivity contribution in [2.45, 2.75) is 52.4 Å². The van der Waals surface area contributed by atoms with Gasteiger partial charge in [0, 0.05) is 6.42 Å². The quantitative estimate of drug-likeness (QED) is 0.563. The molecule has 0 amide bonds. The van der Waals surface area contributed by atoms with E-state index in [-0.39, 0.29) is 18.3 Å². The molecule has 0 spiro atoms. The van der Waals surface area contributed by atoms with Crippen molar-refractivity contribution in [3.63, 3.8) is 0 Å². The van der Waals surface area contributed by atoms with Crippen LogP contribution in [0.1, 0.15) is 52.4 Å². The monoisotopic (exact) mass is 270 g/mol. The van der Waals surface area contributed by atoms with Gasteiger partial charge in [-0.05, 0) is 37.5 Å². The van der Waals surface area contributed by atoms with Gasteiger partial charge in [-0.2, -0.15) is 0 Å². The lowest BCUT2D eigenvalue weighted by Gasteiger charge is -2.25. The van der Waals surface area contributed by atoms with Crippen LogP contribution in [0.5, 0.6) is 0 Å². The van der Waals surface area contributed by atoms with E-state index in [1.165, 1.54) is 0 Å². The lowest BCUT2D eigenvalue weighted by molar-refractivity contribution is -0.146. The van der Waals surface area contributed by atoms with E-state index < -0.39 is 17.9 Å². The average Bonchev–Trinajstić information content (AvgIpc) is 2.30. The lowest BCUT2D eigenvalue weighted by atomic mass is 9.79. The molecule has 0 fully saturated rings. The Labute approximate surface area is 115 Å². The smallest absolute Gasteiger partial charge is 0.306 e. The zero-order chi connectivity index (χ0) is 14.8. The summed E-state index contributed by atoms with van der Waals surface area (Å²) in [4.78, 5) is 22.1. The Kier molecular flexibility index (Phi) is 8.92. The van der Waals surface area contributed by atoms with Crippen molar-refractivity contribution in [2.24, 2.45) is 17.8 Å². The Balaban J connectivity index is 4.67. The van der Waals surface area contributed by atoms with Crippen LogP contribution in [-0.2, 0) is 9.59 Å². The molecule has 0 saturated carbocycles. The molecule has 0 heterocycles. The molecule has 2 N–H and O–H groups in total. The fraction of sp³-hybridized carbons (Fsp3) is 0.733. The standard InChI is InChI=1S/C15H26O4/c1-4-6-8-12(7-5-2)13(15(18)19)9-11(3)10-14(16)17/h4,11-13H,1,5-10H2,2-3H3,(H,16,17)(H,18,19). The van der Waals surface area contributed by atoms with Gasteiger partial charge in [0.2, 0.25) is 0 Å². The molecule has 0 aliphatic rings. The number of carbonyl (C=O) groups is 2. The molecule has 4 nitrogen and oxygen atoms in total. The van der Waals surface area contributed by atoms with Crippen molar-refractivity contribution in [3.05, 3.63) is 12.7 Å². The summed E-state index contributed by atoms with van der Waals surface area (Å²) in [6.45, 7) is 7.52. The molecule has 0 aromatic heterocycles. The van der Waals surface area contributed by atoms with E-state index in [0.717, 1.165) is 25.7 Å². The summed E-state index contributed by atoms with van der Waals surface area (Å²) in [5.41, 5.74) is 0. The number of rotatable bonds is 11. The van der Waals surface area contributed by atoms with Crippen LogP contribution in [0.3, 0.4) is 0 Å². The van der Waals surface area contributed by atoms with Crippen molar-refractivity contribution in [1.29, 1.82) is 0 Å². The maximum atomic E-state index is 11.4. The number of carboxylic acid groups (broad SMARTS) is 2. The number of hydrogen-bond donors (Lipinski definition) is 2. The largest absolute Gasteiger partial charge is 0.481 e. The molecule has 19 heavy (non-hydrogen) atoms. The van der Waals surface area contributed by atoms with Gasteiger partial charge in [-0.15, -0.1) is 6.58 Å². The fourth-order valence-corrected chi connectivity index (χ4v) is 2.56. The summed E-state index contributed by atoms with van der Waals surface area (Å²) in [6.07, 6.45) is 5.70. The Hall–Kier alpha value is -1.32. The predicted molar refractivity (Wildman–Crippen MR) is 75.0 cm³/mol. The summed E-state index contributed by atoms with van der Waals surface area (Å²) < 4.78 is 0. The van der Waals surface area contributed by atoms with Gasteiger partial charge in [-0.3, -0.25) is 9.59 Å². The summed E-state index contributed by atoms with van der Waals surface area (Å²) in [7, 11) is 0. The summed E-state index contributed by atoms with van der Waals surface area (Å²) in [6, 6.07) is 0. The Morgan fingerprint density at radius 3 is 2.32 bits per heavy atom. The van der Waals surface area contributed by atoms with Crippen LogP contribution < -0.4 is 0 Å². The fourth-order valence-electron chi connectivity index (χ4n) is 2.56. The number of hydrogen-bond acceptors (Lipinski definition) is 2. The van der Waals surface area contributed by atoms with Gasteiger partial charge >= 0.3 is 11.9 Å². The Morgan fingerprint density at radius 2 is 1.89 bits per heavy atom. The molecule has 0 aromatic carbocycles.